The van der Waals surface area contributed by atoms with Crippen molar-refractivity contribution in [2.24, 2.45) is 0 Å². The zero-order chi connectivity index (χ0) is 31.0. The summed E-state index contributed by atoms with van der Waals surface area (Å²) in [4.78, 5) is 43.1. The largest absolute Gasteiger partial charge is 0.444 e. The van der Waals surface area contributed by atoms with E-state index in [1.54, 1.807) is 37.4 Å². The monoisotopic (exact) mass is 591 g/mol. The van der Waals surface area contributed by atoms with Gasteiger partial charge in [-0.15, -0.1) is 0 Å². The molecule has 0 fully saturated rings. The van der Waals surface area contributed by atoms with Crippen LogP contribution >= 0.6 is 11.8 Å². The molecule has 7 nitrogen and oxygen atoms in total. The van der Waals surface area contributed by atoms with Crippen LogP contribution in [0.25, 0.3) is 10.8 Å². The Morgan fingerprint density at radius 1 is 0.952 bits per heavy atom. The molecule has 2 N–H and O–H groups in total. The Morgan fingerprint density at radius 3 is 2.26 bits per heavy atom. The fourth-order valence-electron chi connectivity index (χ4n) is 4.77. The number of ether oxygens (including phenoxy) is 1. The van der Waals surface area contributed by atoms with E-state index in [-0.39, 0.29) is 17.9 Å². The summed E-state index contributed by atoms with van der Waals surface area (Å²) in [5, 5.41) is 7.97. The molecule has 0 bridgehead atoms. The average Bonchev–Trinajstić information content (AvgIpc) is 2.93. The van der Waals surface area contributed by atoms with Crippen LogP contribution in [0.1, 0.15) is 70.2 Å². The van der Waals surface area contributed by atoms with Gasteiger partial charge < -0.3 is 20.3 Å². The highest BCUT2D eigenvalue weighted by atomic mass is 32.2. The molecule has 0 aromatic heterocycles. The molecule has 3 aromatic carbocycles. The zero-order valence-electron chi connectivity index (χ0n) is 26.1. The number of nitrogens with one attached hydrogen (secondary N) is 2. The van der Waals surface area contributed by atoms with Gasteiger partial charge >= 0.3 is 6.09 Å². The van der Waals surface area contributed by atoms with E-state index in [0.29, 0.717) is 29.8 Å². The number of carbonyl (C=O) groups excluding carboxylic acids is 3. The van der Waals surface area contributed by atoms with Crippen molar-refractivity contribution >= 4 is 46.1 Å². The lowest BCUT2D eigenvalue weighted by atomic mass is 9.96. The molecule has 0 aliphatic heterocycles. The quantitative estimate of drug-likeness (QED) is 0.242. The Bertz CT molecular complexity index is 1400. The molecule has 3 aromatic rings. The van der Waals surface area contributed by atoms with E-state index in [1.165, 1.54) is 0 Å². The smallest absolute Gasteiger partial charge is 0.408 e. The van der Waals surface area contributed by atoms with Crippen LogP contribution in [0.5, 0.6) is 0 Å². The number of aryl methyl sites for hydroxylation is 2. The molecule has 0 aliphatic carbocycles. The third kappa shape index (κ3) is 8.74. The summed E-state index contributed by atoms with van der Waals surface area (Å²) in [5.74, 6) is 0.0160. The number of nitrogens with zero attached hydrogens (tertiary/aromatic N) is 1. The van der Waals surface area contributed by atoms with Crippen molar-refractivity contribution in [3.05, 3.63) is 77.4 Å². The Hall–Kier alpha value is -3.52. The third-order valence-corrected chi connectivity index (χ3v) is 7.95. The highest BCUT2D eigenvalue weighted by Crippen LogP contribution is 2.30. The molecule has 42 heavy (non-hydrogen) atoms. The maximum Gasteiger partial charge on any atom is 0.408 e. The van der Waals surface area contributed by atoms with Gasteiger partial charge in [-0.2, -0.15) is 11.8 Å². The second kappa shape index (κ2) is 14.6. The summed E-state index contributed by atoms with van der Waals surface area (Å²) in [6, 6.07) is 17.5. The fourth-order valence-corrected chi connectivity index (χ4v) is 5.24. The van der Waals surface area contributed by atoms with Crippen molar-refractivity contribution in [3.63, 3.8) is 0 Å². The Balaban J connectivity index is 2.06. The second-order valence-corrected chi connectivity index (χ2v) is 12.8. The fraction of sp³-hybridized carbons (Fsp3) is 0.441. The molecule has 8 heteroatoms. The summed E-state index contributed by atoms with van der Waals surface area (Å²) >= 11 is 1.59. The molecule has 0 radical (unpaired) electrons. The number of benzene rings is 3. The Kier molecular flexibility index (Phi) is 11.5. The molecule has 0 heterocycles. The second-order valence-electron chi connectivity index (χ2n) is 11.8. The van der Waals surface area contributed by atoms with Gasteiger partial charge in [0.1, 0.15) is 17.7 Å². The molecule has 0 saturated heterocycles. The first-order valence-electron chi connectivity index (χ1n) is 14.5. The van der Waals surface area contributed by atoms with Crippen LogP contribution in [-0.2, 0) is 14.3 Å². The molecule has 0 aliphatic rings. The van der Waals surface area contributed by atoms with E-state index in [1.807, 2.05) is 94.6 Å². The van der Waals surface area contributed by atoms with Gasteiger partial charge in [-0.25, -0.2) is 4.79 Å². The first-order chi connectivity index (χ1) is 19.8. The van der Waals surface area contributed by atoms with Crippen molar-refractivity contribution in [1.82, 2.24) is 10.2 Å². The van der Waals surface area contributed by atoms with Crippen LogP contribution in [0.15, 0.2) is 60.7 Å². The first-order valence-corrected chi connectivity index (χ1v) is 15.9. The summed E-state index contributed by atoms with van der Waals surface area (Å²) in [7, 11) is 0. The van der Waals surface area contributed by atoms with Crippen molar-refractivity contribution in [2.45, 2.75) is 85.0 Å². The molecule has 3 rings (SSSR count). The number of hydrogen-bond acceptors (Lipinski definition) is 5. The first kappa shape index (κ1) is 33.0. The summed E-state index contributed by atoms with van der Waals surface area (Å²) in [5.41, 5.74) is 2.77. The highest BCUT2D eigenvalue weighted by Gasteiger charge is 2.38. The van der Waals surface area contributed by atoms with Gasteiger partial charge in [0.2, 0.25) is 5.91 Å². The topological polar surface area (TPSA) is 87.7 Å². The summed E-state index contributed by atoms with van der Waals surface area (Å²) in [6.07, 6.45) is 2.32. The highest BCUT2D eigenvalue weighted by molar-refractivity contribution is 7.98. The van der Waals surface area contributed by atoms with Gasteiger partial charge in [-0.1, -0.05) is 55.5 Å². The van der Waals surface area contributed by atoms with Crippen molar-refractivity contribution in [3.8, 4) is 0 Å². The lowest BCUT2D eigenvalue weighted by Gasteiger charge is -2.38. The van der Waals surface area contributed by atoms with E-state index in [9.17, 15) is 14.4 Å². The Labute approximate surface area is 254 Å². The van der Waals surface area contributed by atoms with Crippen LogP contribution in [0.4, 0.5) is 10.5 Å². The van der Waals surface area contributed by atoms with Crippen LogP contribution in [0.2, 0.25) is 0 Å². The van der Waals surface area contributed by atoms with Crippen LogP contribution in [0, 0.1) is 13.8 Å². The van der Waals surface area contributed by atoms with Crippen LogP contribution in [0.3, 0.4) is 0 Å². The van der Waals surface area contributed by atoms with Gasteiger partial charge in [-0.05, 0) is 106 Å². The predicted molar refractivity (Wildman–Crippen MR) is 174 cm³/mol. The molecular formula is C34H45N3O4S. The van der Waals surface area contributed by atoms with E-state index in [4.69, 9.17) is 4.74 Å². The lowest BCUT2D eigenvalue weighted by molar-refractivity contribution is -0.143. The lowest BCUT2D eigenvalue weighted by Crippen LogP contribution is -2.55. The average molecular weight is 592 g/mol. The zero-order valence-corrected chi connectivity index (χ0v) is 26.9. The van der Waals surface area contributed by atoms with Gasteiger partial charge in [0.05, 0.1) is 0 Å². The van der Waals surface area contributed by atoms with E-state index in [0.717, 1.165) is 21.9 Å². The van der Waals surface area contributed by atoms with Crippen molar-refractivity contribution < 1.29 is 19.1 Å². The summed E-state index contributed by atoms with van der Waals surface area (Å²) < 4.78 is 5.49. The molecule has 3 unspecified atom stereocenters. The normalized spacial score (nSPS) is 13.6. The molecule has 0 saturated carbocycles. The van der Waals surface area contributed by atoms with Gasteiger partial charge in [-0.3, -0.25) is 9.59 Å². The van der Waals surface area contributed by atoms with Gasteiger partial charge in [0.25, 0.3) is 5.91 Å². The van der Waals surface area contributed by atoms with E-state index in [2.05, 4.69) is 10.6 Å². The molecular weight excluding hydrogens is 546 g/mol. The maximum absolute atomic E-state index is 14.4. The number of carbonyl (C=O) groups is 3. The summed E-state index contributed by atoms with van der Waals surface area (Å²) in [6.45, 7) is 13.3. The predicted octanol–water partition coefficient (Wildman–Crippen LogP) is 7.41. The minimum Gasteiger partial charge on any atom is -0.444 e. The molecule has 3 amide bonds. The van der Waals surface area contributed by atoms with Crippen molar-refractivity contribution in [2.75, 3.05) is 17.3 Å². The molecule has 226 valence electrons. The van der Waals surface area contributed by atoms with E-state index >= 15 is 0 Å². The number of hydrogen-bond donors (Lipinski definition) is 2. The van der Waals surface area contributed by atoms with Gasteiger partial charge in [0, 0.05) is 11.7 Å². The number of anilines is 1. The minimum absolute atomic E-state index is 0.288. The molecule has 3 atom stereocenters. The van der Waals surface area contributed by atoms with Crippen molar-refractivity contribution in [1.29, 1.82) is 0 Å². The number of alkyl carbamates (subject to hydrolysis) is 1. The van der Waals surface area contributed by atoms with Crippen LogP contribution in [-0.4, -0.2) is 52.5 Å². The minimum atomic E-state index is -0.921. The number of amides is 3. The van der Waals surface area contributed by atoms with Crippen LogP contribution < -0.4 is 10.6 Å². The molecule has 0 spiro atoms. The van der Waals surface area contributed by atoms with E-state index < -0.39 is 23.8 Å². The number of fused-ring (bicyclic) bond motifs is 1. The number of rotatable bonds is 11. The number of thioether (sulfide) groups is 1. The van der Waals surface area contributed by atoms with Gasteiger partial charge in [0.15, 0.2) is 0 Å². The standard InChI is InChI=1S/C34H45N3O4S/c1-9-24(4)37(32(39)29(18-19-42-8)36-33(40)41-34(5,6)7)30(27-15-14-22(2)23(3)20-27)31(38)35-28-17-16-25-12-10-11-13-26(25)21-28/h10-17,20-21,24,29-30H,9,18-19H2,1-8H3,(H,35,38)(H,36,40). The SMILES string of the molecule is CCC(C)N(C(=O)C(CCSC)NC(=O)OC(C)(C)C)C(C(=O)Nc1ccc2ccccc2c1)c1ccc(C)c(C)c1. The Morgan fingerprint density at radius 2 is 1.64 bits per heavy atom. The maximum atomic E-state index is 14.4. The third-order valence-electron chi connectivity index (χ3n) is 7.31.